The van der Waals surface area contributed by atoms with Gasteiger partial charge in [-0.3, -0.25) is 14.5 Å². The molecule has 0 saturated carbocycles. The van der Waals surface area contributed by atoms with Crippen molar-refractivity contribution >= 4 is 78.6 Å². The van der Waals surface area contributed by atoms with Gasteiger partial charge in [-0.15, -0.1) is 11.3 Å². The summed E-state index contributed by atoms with van der Waals surface area (Å²) in [7, 11) is 0. The molecule has 2 amide bonds. The minimum atomic E-state index is -0.0422. The molecule has 1 aromatic carbocycles. The van der Waals surface area contributed by atoms with Gasteiger partial charge in [-0.1, -0.05) is 58.5 Å². The van der Waals surface area contributed by atoms with Gasteiger partial charge in [0.05, 0.1) is 4.91 Å². The molecular weight excluding hydrogens is 478 g/mol. The molecular formula is C19H18BrN3O2S3. The number of thiocarbonyl (C=S) groups is 1. The number of amides is 2. The largest absolute Gasteiger partial charge is 0.302 e. The van der Waals surface area contributed by atoms with Gasteiger partial charge in [-0.25, -0.2) is 4.98 Å². The van der Waals surface area contributed by atoms with Crippen molar-refractivity contribution in [2.75, 3.05) is 11.9 Å². The third-order valence-electron chi connectivity index (χ3n) is 4.01. The second-order valence-corrected chi connectivity index (χ2v) is 9.57. The van der Waals surface area contributed by atoms with E-state index in [9.17, 15) is 9.59 Å². The first kappa shape index (κ1) is 21.2. The van der Waals surface area contributed by atoms with Crippen LogP contribution in [0.1, 0.15) is 31.2 Å². The zero-order chi connectivity index (χ0) is 19.9. The molecule has 2 aromatic rings. The van der Waals surface area contributed by atoms with Crippen molar-refractivity contribution in [3.8, 4) is 0 Å². The van der Waals surface area contributed by atoms with Crippen molar-refractivity contribution in [1.29, 1.82) is 0 Å². The predicted molar refractivity (Wildman–Crippen MR) is 123 cm³/mol. The highest BCUT2D eigenvalue weighted by Gasteiger charge is 2.31. The van der Waals surface area contributed by atoms with Gasteiger partial charge in [0, 0.05) is 29.0 Å². The Kier molecular flexibility index (Phi) is 7.78. The fraction of sp³-hybridized carbons (Fsp3) is 0.263. The minimum absolute atomic E-state index is 0.0296. The molecule has 1 aliphatic rings. The summed E-state index contributed by atoms with van der Waals surface area (Å²) < 4.78 is 1.59. The molecule has 0 spiro atoms. The summed E-state index contributed by atoms with van der Waals surface area (Å²) in [6.07, 6.45) is 6.40. The van der Waals surface area contributed by atoms with Gasteiger partial charge >= 0.3 is 0 Å². The average Bonchev–Trinajstić information content (AvgIpc) is 3.26. The Morgan fingerprint density at radius 3 is 2.75 bits per heavy atom. The van der Waals surface area contributed by atoms with Crippen molar-refractivity contribution in [1.82, 2.24) is 9.88 Å². The van der Waals surface area contributed by atoms with Crippen LogP contribution in [0.25, 0.3) is 6.08 Å². The lowest BCUT2D eigenvalue weighted by Gasteiger charge is -2.14. The van der Waals surface area contributed by atoms with Gasteiger partial charge < -0.3 is 5.32 Å². The summed E-state index contributed by atoms with van der Waals surface area (Å²) in [5.41, 5.74) is 0.968. The Morgan fingerprint density at radius 2 is 2.04 bits per heavy atom. The monoisotopic (exact) mass is 495 g/mol. The number of unbranched alkanes of at least 4 members (excludes halogenated alkanes) is 2. The van der Waals surface area contributed by atoms with Crippen LogP contribution in [0.2, 0.25) is 0 Å². The number of rotatable bonds is 8. The number of aromatic nitrogens is 1. The Bertz CT molecular complexity index is 882. The number of nitrogens with zero attached hydrogens (tertiary/aromatic N) is 2. The van der Waals surface area contributed by atoms with Crippen LogP contribution in [-0.4, -0.2) is 32.6 Å². The zero-order valence-corrected chi connectivity index (χ0v) is 18.9. The molecule has 0 aliphatic carbocycles. The number of hydrogen-bond acceptors (Lipinski definition) is 6. The lowest BCUT2D eigenvalue weighted by molar-refractivity contribution is -0.122. The highest BCUT2D eigenvalue weighted by atomic mass is 79.9. The van der Waals surface area contributed by atoms with Gasteiger partial charge in [0.25, 0.3) is 5.91 Å². The molecule has 1 aromatic heterocycles. The van der Waals surface area contributed by atoms with E-state index in [1.807, 2.05) is 35.7 Å². The molecule has 0 atom stereocenters. The van der Waals surface area contributed by atoms with Gasteiger partial charge in [0.1, 0.15) is 4.32 Å². The van der Waals surface area contributed by atoms with Crippen LogP contribution in [0, 0.1) is 0 Å². The summed E-state index contributed by atoms with van der Waals surface area (Å²) >= 11 is 11.5. The molecule has 0 radical (unpaired) electrons. The van der Waals surface area contributed by atoms with E-state index in [-0.39, 0.29) is 11.8 Å². The number of thioether (sulfide) groups is 1. The summed E-state index contributed by atoms with van der Waals surface area (Å²) in [5.74, 6) is -0.0718. The third kappa shape index (κ3) is 5.97. The number of benzene rings is 1. The second kappa shape index (κ2) is 10.3. The zero-order valence-electron chi connectivity index (χ0n) is 14.9. The maximum absolute atomic E-state index is 12.6. The Morgan fingerprint density at radius 1 is 1.25 bits per heavy atom. The van der Waals surface area contributed by atoms with Crippen molar-refractivity contribution in [2.45, 2.75) is 25.7 Å². The Balaban J connectivity index is 1.42. The topological polar surface area (TPSA) is 62.3 Å². The van der Waals surface area contributed by atoms with E-state index in [0.717, 1.165) is 29.3 Å². The van der Waals surface area contributed by atoms with Crippen LogP contribution in [0.5, 0.6) is 0 Å². The fourth-order valence-corrected chi connectivity index (χ4v) is 4.72. The maximum atomic E-state index is 12.6. The smallest absolute Gasteiger partial charge is 0.266 e. The second-order valence-electron chi connectivity index (χ2n) is 6.08. The van der Waals surface area contributed by atoms with Crippen LogP contribution in [0.3, 0.4) is 0 Å². The first-order valence-corrected chi connectivity index (χ1v) is 11.6. The van der Waals surface area contributed by atoms with Crippen LogP contribution in [0.4, 0.5) is 5.13 Å². The first-order valence-electron chi connectivity index (χ1n) is 8.73. The summed E-state index contributed by atoms with van der Waals surface area (Å²) in [4.78, 5) is 30.8. The van der Waals surface area contributed by atoms with Gasteiger partial charge in [0.2, 0.25) is 5.91 Å². The van der Waals surface area contributed by atoms with E-state index in [4.69, 9.17) is 12.2 Å². The van der Waals surface area contributed by atoms with E-state index < -0.39 is 0 Å². The molecule has 28 heavy (non-hydrogen) atoms. The number of thiazole rings is 1. The number of halogens is 1. The molecule has 2 heterocycles. The molecule has 1 aliphatic heterocycles. The van der Waals surface area contributed by atoms with Gasteiger partial charge in [-0.05, 0) is 36.6 Å². The molecule has 3 rings (SSSR count). The van der Waals surface area contributed by atoms with E-state index in [2.05, 4.69) is 26.2 Å². The van der Waals surface area contributed by atoms with Crippen molar-refractivity contribution in [3.05, 3.63) is 50.8 Å². The average molecular weight is 496 g/mol. The minimum Gasteiger partial charge on any atom is -0.302 e. The quantitative estimate of drug-likeness (QED) is 0.305. The summed E-state index contributed by atoms with van der Waals surface area (Å²) in [6.45, 7) is 0.580. The van der Waals surface area contributed by atoms with Crippen LogP contribution < -0.4 is 5.32 Å². The summed E-state index contributed by atoms with van der Waals surface area (Å²) in [5, 5.41) is 5.22. The van der Waals surface area contributed by atoms with Crippen LogP contribution in [-0.2, 0) is 9.59 Å². The van der Waals surface area contributed by atoms with E-state index >= 15 is 0 Å². The maximum Gasteiger partial charge on any atom is 0.266 e. The molecule has 5 nitrogen and oxygen atoms in total. The highest BCUT2D eigenvalue weighted by molar-refractivity contribution is 9.10. The van der Waals surface area contributed by atoms with E-state index in [1.54, 1.807) is 11.1 Å². The Labute approximate surface area is 185 Å². The lowest BCUT2D eigenvalue weighted by Crippen LogP contribution is -2.29. The first-order chi connectivity index (χ1) is 13.5. The number of carbonyl (C=O) groups is 2. The number of anilines is 1. The predicted octanol–water partition coefficient (Wildman–Crippen LogP) is 5.31. The van der Waals surface area contributed by atoms with Crippen LogP contribution in [0.15, 0.2) is 45.2 Å². The van der Waals surface area contributed by atoms with Crippen molar-refractivity contribution in [3.63, 3.8) is 0 Å². The van der Waals surface area contributed by atoms with Gasteiger partial charge in [0.15, 0.2) is 5.13 Å². The molecule has 0 unspecified atom stereocenters. The van der Waals surface area contributed by atoms with E-state index in [0.29, 0.717) is 27.3 Å². The SMILES string of the molecule is O=C(CCCCCN1C(=O)C(=Cc2ccc(Br)cc2)SC1=S)Nc1nccs1. The molecule has 1 N–H and O–H groups in total. The van der Waals surface area contributed by atoms with Crippen LogP contribution >= 0.6 is 51.2 Å². The molecule has 9 heteroatoms. The number of nitrogens with one attached hydrogen (secondary N) is 1. The highest BCUT2D eigenvalue weighted by Crippen LogP contribution is 2.33. The van der Waals surface area contributed by atoms with Crippen molar-refractivity contribution < 1.29 is 9.59 Å². The fourth-order valence-electron chi connectivity index (χ4n) is 2.60. The molecule has 146 valence electrons. The lowest BCUT2D eigenvalue weighted by atomic mass is 10.2. The number of carbonyl (C=O) groups excluding carboxylic acids is 2. The van der Waals surface area contributed by atoms with E-state index in [1.165, 1.54) is 23.1 Å². The summed E-state index contributed by atoms with van der Waals surface area (Å²) in [6, 6.07) is 7.79. The molecule has 1 fully saturated rings. The number of hydrogen-bond donors (Lipinski definition) is 1. The standard InChI is InChI=1S/C19H18BrN3O2S3/c20-14-7-5-13(6-8-14)12-15-17(25)23(19(26)28-15)10-3-1-2-4-16(24)22-18-21-9-11-27-18/h5-9,11-12H,1-4,10H2,(H,21,22,24). The normalized spacial score (nSPS) is 15.5. The Hall–Kier alpha value is -1.55. The molecule has 1 saturated heterocycles. The molecule has 0 bridgehead atoms. The third-order valence-corrected chi connectivity index (χ3v) is 6.60. The van der Waals surface area contributed by atoms with Gasteiger partial charge in [-0.2, -0.15) is 0 Å². The van der Waals surface area contributed by atoms with Crippen molar-refractivity contribution in [2.24, 2.45) is 0 Å².